The predicted molar refractivity (Wildman–Crippen MR) is 148 cm³/mol. The van der Waals surface area contributed by atoms with Crippen molar-refractivity contribution in [3.63, 3.8) is 0 Å². The largest absolute Gasteiger partial charge is 0.481 e. The quantitative estimate of drug-likeness (QED) is 0.288. The van der Waals surface area contributed by atoms with E-state index >= 15 is 0 Å². The highest BCUT2D eigenvalue weighted by Crippen LogP contribution is 2.64. The molecule has 0 saturated heterocycles. The number of carboxylic acids is 1. The first-order valence-corrected chi connectivity index (χ1v) is 13.3. The van der Waals surface area contributed by atoms with Gasteiger partial charge in [-0.2, -0.15) is 0 Å². The van der Waals surface area contributed by atoms with Crippen LogP contribution in [0.3, 0.4) is 0 Å². The van der Waals surface area contributed by atoms with Gasteiger partial charge in [-0.3, -0.25) is 9.78 Å². The lowest BCUT2D eigenvalue weighted by molar-refractivity contribution is -0.146. The van der Waals surface area contributed by atoms with Crippen molar-refractivity contribution in [1.82, 2.24) is 10.1 Å². The number of carbonyl (C=O) groups is 1. The van der Waals surface area contributed by atoms with Crippen molar-refractivity contribution < 1.29 is 19.5 Å². The van der Waals surface area contributed by atoms with Gasteiger partial charge in [-0.25, -0.2) is 0 Å². The molecule has 2 atom stereocenters. The van der Waals surface area contributed by atoms with Crippen molar-refractivity contribution in [3.05, 3.63) is 137 Å². The van der Waals surface area contributed by atoms with Gasteiger partial charge in [-0.1, -0.05) is 90.1 Å². The fraction of sp³-hybridized carbons (Fsp3) is 0.242. The van der Waals surface area contributed by atoms with Gasteiger partial charge >= 0.3 is 5.97 Å². The predicted octanol–water partition coefficient (Wildman–Crippen LogP) is 6.20. The minimum Gasteiger partial charge on any atom is -0.481 e. The molecule has 2 aromatic heterocycles. The Morgan fingerprint density at radius 2 is 1.72 bits per heavy atom. The molecule has 2 aliphatic rings. The fourth-order valence-corrected chi connectivity index (χ4v) is 5.92. The smallest absolute Gasteiger partial charge is 0.311 e. The normalized spacial score (nSPS) is 20.3. The number of aliphatic carboxylic acids is 1. The van der Waals surface area contributed by atoms with E-state index in [-0.39, 0.29) is 0 Å². The lowest BCUT2D eigenvalue weighted by Gasteiger charge is -2.37. The first kappa shape index (κ1) is 25.0. The molecule has 6 rings (SSSR count). The molecule has 2 N–H and O–H groups in total. The SMILES string of the molecule is Cc1noc(C2(C3(C(=O)O)CC3)C=CC(c3ccccc3)=CC2)c1C(O)c1cccc(Cc2ccccc2)n1. The summed E-state index contributed by atoms with van der Waals surface area (Å²) < 4.78 is 5.94. The summed E-state index contributed by atoms with van der Waals surface area (Å²) in [6, 6.07) is 25.7. The Morgan fingerprint density at radius 3 is 2.36 bits per heavy atom. The summed E-state index contributed by atoms with van der Waals surface area (Å²) >= 11 is 0. The highest BCUT2D eigenvalue weighted by atomic mass is 16.5. The van der Waals surface area contributed by atoms with E-state index in [0.29, 0.717) is 48.4 Å². The topological polar surface area (TPSA) is 96.5 Å². The van der Waals surface area contributed by atoms with Crippen molar-refractivity contribution >= 4 is 11.5 Å². The summed E-state index contributed by atoms with van der Waals surface area (Å²) in [7, 11) is 0. The number of aliphatic hydroxyl groups excluding tert-OH is 1. The van der Waals surface area contributed by atoms with E-state index in [1.54, 1.807) is 13.0 Å². The number of rotatable bonds is 8. The van der Waals surface area contributed by atoms with E-state index in [2.05, 4.69) is 11.2 Å². The van der Waals surface area contributed by atoms with Crippen LogP contribution in [0.1, 0.15) is 64.9 Å². The van der Waals surface area contributed by atoms with Gasteiger partial charge in [0.1, 0.15) is 6.10 Å². The molecular formula is C33H30N2O4. The average Bonchev–Trinajstić information content (AvgIpc) is 3.71. The minimum atomic E-state index is -1.11. The van der Waals surface area contributed by atoms with Crippen LogP contribution in [0.4, 0.5) is 0 Å². The van der Waals surface area contributed by atoms with Crippen LogP contribution in [-0.4, -0.2) is 26.3 Å². The minimum absolute atomic E-state index is 0.405. The maximum Gasteiger partial charge on any atom is 0.311 e. The highest BCUT2D eigenvalue weighted by molar-refractivity contribution is 5.83. The average molecular weight is 519 g/mol. The van der Waals surface area contributed by atoms with Crippen LogP contribution >= 0.6 is 0 Å². The number of hydrogen-bond donors (Lipinski definition) is 2. The van der Waals surface area contributed by atoms with E-state index in [4.69, 9.17) is 9.51 Å². The van der Waals surface area contributed by atoms with Crippen molar-refractivity contribution in [3.8, 4) is 0 Å². The Kier molecular flexibility index (Phi) is 6.28. The lowest BCUT2D eigenvalue weighted by Crippen LogP contribution is -2.41. The molecule has 2 unspecified atom stereocenters. The van der Waals surface area contributed by atoms with Crippen molar-refractivity contribution in [2.24, 2.45) is 5.41 Å². The molecule has 6 heteroatoms. The van der Waals surface area contributed by atoms with Crippen LogP contribution < -0.4 is 0 Å². The molecule has 1 fully saturated rings. The van der Waals surface area contributed by atoms with Crippen LogP contribution in [-0.2, 0) is 16.6 Å². The second-order valence-corrected chi connectivity index (χ2v) is 10.6. The summed E-state index contributed by atoms with van der Waals surface area (Å²) in [5.74, 6) is -0.455. The van der Waals surface area contributed by atoms with E-state index in [1.165, 1.54) is 0 Å². The zero-order valence-electron chi connectivity index (χ0n) is 21.7. The number of nitrogens with zero attached hydrogens (tertiary/aromatic N) is 2. The van der Waals surface area contributed by atoms with E-state index < -0.39 is 22.9 Å². The molecule has 0 amide bonds. The maximum absolute atomic E-state index is 12.7. The van der Waals surface area contributed by atoms with Gasteiger partial charge < -0.3 is 14.7 Å². The summed E-state index contributed by atoms with van der Waals surface area (Å²) in [6.07, 6.45) is 7.03. The van der Waals surface area contributed by atoms with Crippen LogP contribution in [0.15, 0.2) is 102 Å². The van der Waals surface area contributed by atoms with Gasteiger partial charge in [0.25, 0.3) is 0 Å². The van der Waals surface area contributed by atoms with Crippen LogP contribution in [0, 0.1) is 12.3 Å². The molecule has 39 heavy (non-hydrogen) atoms. The Labute approximate surface area is 227 Å². The van der Waals surface area contributed by atoms with Gasteiger partial charge in [0.15, 0.2) is 5.76 Å². The van der Waals surface area contributed by atoms with Gasteiger partial charge in [0.2, 0.25) is 0 Å². The Balaban J connectivity index is 1.40. The van der Waals surface area contributed by atoms with Crippen LogP contribution in [0.2, 0.25) is 0 Å². The number of carboxylic acid groups (broad SMARTS) is 1. The molecule has 0 spiro atoms. The first-order chi connectivity index (χ1) is 18.9. The summed E-state index contributed by atoms with van der Waals surface area (Å²) in [6.45, 7) is 1.78. The van der Waals surface area contributed by atoms with Crippen molar-refractivity contribution in [2.45, 2.75) is 44.1 Å². The van der Waals surface area contributed by atoms with Gasteiger partial charge in [-0.15, -0.1) is 0 Å². The molecule has 196 valence electrons. The molecule has 0 aliphatic heterocycles. The fourth-order valence-electron chi connectivity index (χ4n) is 5.92. The number of aromatic nitrogens is 2. The molecule has 1 saturated carbocycles. The second kappa shape index (κ2) is 9.79. The number of benzene rings is 2. The Hall–Kier alpha value is -4.29. The lowest BCUT2D eigenvalue weighted by atomic mass is 9.64. The molecule has 0 bridgehead atoms. The third kappa shape index (κ3) is 4.31. The second-order valence-electron chi connectivity index (χ2n) is 10.6. The first-order valence-electron chi connectivity index (χ1n) is 13.3. The summed E-state index contributed by atoms with van der Waals surface area (Å²) in [5, 5.41) is 26.3. The van der Waals surface area contributed by atoms with Crippen molar-refractivity contribution in [2.75, 3.05) is 0 Å². The molecule has 2 aliphatic carbocycles. The van der Waals surface area contributed by atoms with Gasteiger partial charge in [0.05, 0.1) is 27.8 Å². The monoisotopic (exact) mass is 518 g/mol. The summed E-state index contributed by atoms with van der Waals surface area (Å²) in [5.41, 5.74) is 3.56. The summed E-state index contributed by atoms with van der Waals surface area (Å²) in [4.78, 5) is 17.5. The van der Waals surface area contributed by atoms with Gasteiger partial charge in [-0.05, 0) is 55.0 Å². The third-order valence-corrected chi connectivity index (χ3v) is 8.24. The van der Waals surface area contributed by atoms with Gasteiger partial charge in [0, 0.05) is 12.1 Å². The Morgan fingerprint density at radius 1 is 1.00 bits per heavy atom. The molecular weight excluding hydrogens is 488 g/mol. The van der Waals surface area contributed by atoms with E-state index in [0.717, 1.165) is 22.4 Å². The number of pyridine rings is 1. The Bertz CT molecular complexity index is 1570. The number of hydrogen-bond acceptors (Lipinski definition) is 5. The number of aliphatic hydroxyl groups is 1. The van der Waals surface area contributed by atoms with Crippen LogP contribution in [0.5, 0.6) is 0 Å². The zero-order valence-corrected chi connectivity index (χ0v) is 21.7. The van der Waals surface area contributed by atoms with Crippen molar-refractivity contribution in [1.29, 1.82) is 0 Å². The number of allylic oxidation sites excluding steroid dienone is 4. The van der Waals surface area contributed by atoms with E-state index in [1.807, 2.05) is 84.9 Å². The maximum atomic E-state index is 12.7. The molecule has 0 radical (unpaired) electrons. The van der Waals surface area contributed by atoms with E-state index in [9.17, 15) is 15.0 Å². The zero-order chi connectivity index (χ0) is 27.0. The number of aryl methyl sites for hydroxylation is 1. The molecule has 6 nitrogen and oxygen atoms in total. The molecule has 4 aromatic rings. The molecule has 2 aromatic carbocycles. The standard InChI is InChI=1S/C33H30N2O4/c1-22-28(29(36)27-14-8-13-26(34-27)21-23-9-4-2-5-10-23)30(39-35-22)32(33(19-20-33)31(37)38)17-15-25(16-18-32)24-11-6-3-7-12-24/h2-17,29,36H,18-21H2,1H3,(H,37,38). The highest BCUT2D eigenvalue weighted by Gasteiger charge is 2.66. The third-order valence-electron chi connectivity index (χ3n) is 8.24. The molecule has 2 heterocycles. The van der Waals surface area contributed by atoms with Crippen LogP contribution in [0.25, 0.3) is 5.57 Å².